The third-order valence-electron chi connectivity index (χ3n) is 5.28. The maximum Gasteiger partial charge on any atom is 0.268 e. The summed E-state index contributed by atoms with van der Waals surface area (Å²) in [5, 5.41) is 10.2. The lowest BCUT2D eigenvalue weighted by molar-refractivity contribution is -0.141. The number of unbranched alkanes of at least 4 members (excludes halogenated alkanes) is 3. The van der Waals surface area contributed by atoms with Crippen molar-refractivity contribution >= 4 is 23.4 Å². The number of carbonyl (C=O) groups excluding carboxylic acids is 4. The molecule has 1 N–H and O–H groups in total. The van der Waals surface area contributed by atoms with Gasteiger partial charge >= 0.3 is 0 Å². The molecule has 0 atom stereocenters. The largest absolute Gasteiger partial charge is 0.504 e. The fourth-order valence-electron chi connectivity index (χ4n) is 3.71. The lowest BCUT2D eigenvalue weighted by Gasteiger charge is -2.20. The van der Waals surface area contributed by atoms with Gasteiger partial charge in [0.05, 0.1) is 6.54 Å². The number of likely N-dealkylation sites (tertiary alicyclic amines) is 1. The molecule has 2 amide bonds. The van der Waals surface area contributed by atoms with Gasteiger partial charge in [-0.1, -0.05) is 58.3 Å². The highest BCUT2D eigenvalue weighted by Crippen LogP contribution is 2.28. The first-order chi connectivity index (χ1) is 12.5. The van der Waals surface area contributed by atoms with Crippen molar-refractivity contribution in [2.75, 3.05) is 6.54 Å². The van der Waals surface area contributed by atoms with Crippen LogP contribution in [0, 0.1) is 5.92 Å². The molecule has 26 heavy (non-hydrogen) atoms. The summed E-state index contributed by atoms with van der Waals surface area (Å²) in [5.41, 5.74) is -0.507. The predicted octanol–water partition coefficient (Wildman–Crippen LogP) is 3.25. The third kappa shape index (κ3) is 5.02. The van der Waals surface area contributed by atoms with Gasteiger partial charge in [0.25, 0.3) is 5.91 Å². The summed E-state index contributed by atoms with van der Waals surface area (Å²) in [4.78, 5) is 49.9. The van der Waals surface area contributed by atoms with E-state index in [1.807, 2.05) is 0 Å². The highest BCUT2D eigenvalue weighted by Gasteiger charge is 2.41. The van der Waals surface area contributed by atoms with Crippen molar-refractivity contribution in [3.05, 3.63) is 11.3 Å². The molecule has 6 heteroatoms. The number of carbonyl (C=O) groups is 4. The van der Waals surface area contributed by atoms with Gasteiger partial charge in [0.15, 0.2) is 17.3 Å². The molecule has 2 rings (SSSR count). The molecule has 0 spiro atoms. The number of ketones is 2. The van der Waals surface area contributed by atoms with Crippen molar-refractivity contribution in [1.82, 2.24) is 4.90 Å². The van der Waals surface area contributed by atoms with Gasteiger partial charge in [0.2, 0.25) is 5.91 Å². The number of allylic oxidation sites excluding steroid dienone is 1. The van der Waals surface area contributed by atoms with Crippen molar-refractivity contribution < 1.29 is 24.3 Å². The van der Waals surface area contributed by atoms with Crippen LogP contribution in [0.2, 0.25) is 0 Å². The summed E-state index contributed by atoms with van der Waals surface area (Å²) in [6.07, 6.45) is 9.11. The van der Waals surface area contributed by atoms with Crippen LogP contribution in [0.3, 0.4) is 0 Å². The molecular weight excluding hydrogens is 334 g/mol. The van der Waals surface area contributed by atoms with Crippen LogP contribution in [-0.4, -0.2) is 39.9 Å². The average Bonchev–Trinajstić information content (AvgIpc) is 2.93. The lowest BCUT2D eigenvalue weighted by atomic mass is 9.85. The summed E-state index contributed by atoms with van der Waals surface area (Å²) >= 11 is 0. The maximum atomic E-state index is 12.4. The fraction of sp³-hybridized carbons (Fsp3) is 0.700. The highest BCUT2D eigenvalue weighted by molar-refractivity contribution is 6.31. The van der Waals surface area contributed by atoms with Crippen LogP contribution in [0.4, 0.5) is 0 Å². The number of nitrogens with zero attached hydrogens (tertiary/aromatic N) is 1. The van der Waals surface area contributed by atoms with Crippen molar-refractivity contribution in [3.8, 4) is 0 Å². The molecule has 0 radical (unpaired) electrons. The van der Waals surface area contributed by atoms with E-state index in [9.17, 15) is 24.3 Å². The van der Waals surface area contributed by atoms with E-state index in [1.54, 1.807) is 0 Å². The standard InChI is InChI=1S/C20H29NO5/c1-2-3-4-8-11-17(24)21-13-16(23)18(20(21)26)19(25)15(22)12-14-9-6-5-7-10-14/h14,25H,2-13H2,1H3/b19-18-. The monoisotopic (exact) mass is 363 g/mol. The van der Waals surface area contributed by atoms with Gasteiger partial charge in [-0.25, -0.2) is 0 Å². The molecule has 0 aromatic carbocycles. The van der Waals surface area contributed by atoms with Crippen LogP contribution in [0.25, 0.3) is 0 Å². The number of aliphatic hydroxyl groups excluding tert-OH is 1. The van der Waals surface area contributed by atoms with E-state index in [2.05, 4.69) is 6.92 Å². The highest BCUT2D eigenvalue weighted by atomic mass is 16.3. The molecule has 1 aliphatic heterocycles. The van der Waals surface area contributed by atoms with Gasteiger partial charge in [-0.15, -0.1) is 0 Å². The number of imide groups is 1. The van der Waals surface area contributed by atoms with Crippen LogP contribution in [0.15, 0.2) is 11.3 Å². The molecule has 1 saturated carbocycles. The number of aliphatic hydroxyl groups is 1. The molecule has 0 bridgehead atoms. The van der Waals surface area contributed by atoms with Gasteiger partial charge in [0, 0.05) is 12.8 Å². The minimum atomic E-state index is -0.829. The third-order valence-corrected chi connectivity index (χ3v) is 5.28. The van der Waals surface area contributed by atoms with Gasteiger partial charge in [0.1, 0.15) is 5.57 Å². The number of Topliss-reactive ketones (excluding diaryl/α,β-unsaturated/α-hetero) is 2. The van der Waals surface area contributed by atoms with E-state index < -0.39 is 34.7 Å². The Labute approximate surface area is 154 Å². The smallest absolute Gasteiger partial charge is 0.268 e. The Morgan fingerprint density at radius 3 is 2.42 bits per heavy atom. The van der Waals surface area contributed by atoms with E-state index in [1.165, 1.54) is 0 Å². The number of hydrogen-bond donors (Lipinski definition) is 1. The molecule has 0 aromatic heterocycles. The zero-order valence-electron chi connectivity index (χ0n) is 15.6. The van der Waals surface area contributed by atoms with Crippen molar-refractivity contribution in [1.29, 1.82) is 0 Å². The van der Waals surface area contributed by atoms with Crippen molar-refractivity contribution in [2.45, 2.75) is 77.6 Å². The van der Waals surface area contributed by atoms with E-state index in [0.29, 0.717) is 6.42 Å². The maximum absolute atomic E-state index is 12.4. The summed E-state index contributed by atoms with van der Waals surface area (Å²) in [5.74, 6) is -3.02. The normalized spacial score (nSPS) is 20.6. The zero-order chi connectivity index (χ0) is 19.1. The topological polar surface area (TPSA) is 91.8 Å². The molecule has 6 nitrogen and oxygen atoms in total. The van der Waals surface area contributed by atoms with Gasteiger partial charge in [-0.3, -0.25) is 24.1 Å². The minimum Gasteiger partial charge on any atom is -0.504 e. The Bertz CT molecular complexity index is 601. The Kier molecular flexibility index (Phi) is 7.54. The fourth-order valence-corrected chi connectivity index (χ4v) is 3.71. The molecule has 144 valence electrons. The second kappa shape index (κ2) is 9.64. The lowest BCUT2D eigenvalue weighted by Crippen LogP contribution is -2.32. The Hall–Kier alpha value is -1.98. The molecular formula is C20H29NO5. The van der Waals surface area contributed by atoms with Gasteiger partial charge < -0.3 is 5.11 Å². The SMILES string of the molecule is CCCCCCC(=O)N1CC(=O)/C(=C(/O)C(=O)CC2CCCCC2)C1=O. The second-order valence-corrected chi connectivity index (χ2v) is 7.37. The van der Waals surface area contributed by atoms with Crippen LogP contribution >= 0.6 is 0 Å². The summed E-state index contributed by atoms with van der Waals surface area (Å²) < 4.78 is 0. The van der Waals surface area contributed by atoms with Crippen LogP contribution in [-0.2, 0) is 19.2 Å². The number of rotatable bonds is 8. The molecule has 2 aliphatic rings. The van der Waals surface area contributed by atoms with Gasteiger partial charge in [-0.2, -0.15) is 0 Å². The summed E-state index contributed by atoms with van der Waals surface area (Å²) in [6.45, 7) is 1.69. The second-order valence-electron chi connectivity index (χ2n) is 7.37. The molecule has 1 saturated heterocycles. The molecule has 0 unspecified atom stereocenters. The van der Waals surface area contributed by atoms with E-state index in [0.717, 1.165) is 56.3 Å². The Morgan fingerprint density at radius 2 is 1.77 bits per heavy atom. The number of hydrogen-bond acceptors (Lipinski definition) is 5. The average molecular weight is 363 g/mol. The first-order valence-corrected chi connectivity index (χ1v) is 9.80. The van der Waals surface area contributed by atoms with E-state index in [4.69, 9.17) is 0 Å². The summed E-state index contributed by atoms with van der Waals surface area (Å²) in [6, 6.07) is 0. The van der Waals surface area contributed by atoms with E-state index >= 15 is 0 Å². The van der Waals surface area contributed by atoms with E-state index in [-0.39, 0.29) is 25.3 Å². The van der Waals surface area contributed by atoms with Crippen molar-refractivity contribution in [2.24, 2.45) is 5.92 Å². The molecule has 1 aliphatic carbocycles. The quantitative estimate of drug-likeness (QED) is 0.309. The van der Waals surface area contributed by atoms with Crippen LogP contribution in [0.5, 0.6) is 0 Å². The summed E-state index contributed by atoms with van der Waals surface area (Å²) in [7, 11) is 0. The predicted molar refractivity (Wildman–Crippen MR) is 96.3 cm³/mol. The molecule has 0 aromatic rings. The van der Waals surface area contributed by atoms with Crippen LogP contribution in [0.1, 0.15) is 77.6 Å². The molecule has 2 fully saturated rings. The Balaban J connectivity index is 2.00. The Morgan fingerprint density at radius 1 is 1.08 bits per heavy atom. The minimum absolute atomic E-state index is 0.154. The van der Waals surface area contributed by atoms with Gasteiger partial charge in [-0.05, 0) is 12.3 Å². The number of amides is 2. The van der Waals surface area contributed by atoms with Crippen LogP contribution < -0.4 is 0 Å². The van der Waals surface area contributed by atoms with Crippen molar-refractivity contribution in [3.63, 3.8) is 0 Å². The first kappa shape index (κ1) is 20.3. The first-order valence-electron chi connectivity index (χ1n) is 9.80. The molecule has 1 heterocycles. The zero-order valence-corrected chi connectivity index (χ0v) is 15.6.